The highest BCUT2D eigenvalue weighted by atomic mass is 16.3. The molecule has 1 aliphatic rings. The van der Waals surface area contributed by atoms with Crippen LogP contribution in [-0.2, 0) is 17.6 Å². The Bertz CT molecular complexity index is 749. The Morgan fingerprint density at radius 1 is 1.29 bits per heavy atom. The highest BCUT2D eigenvalue weighted by molar-refractivity contribution is 5.76. The smallest absolute Gasteiger partial charge is 0.264 e. The summed E-state index contributed by atoms with van der Waals surface area (Å²) in [4.78, 5) is 25.0. The monoisotopic (exact) mass is 331 g/mol. The van der Waals surface area contributed by atoms with Crippen molar-refractivity contribution in [2.45, 2.75) is 32.3 Å². The van der Waals surface area contributed by atoms with E-state index in [0.29, 0.717) is 38.0 Å². The number of aryl methyl sites for hydroxylation is 2. The second-order valence-electron chi connectivity index (χ2n) is 6.29. The molecule has 0 saturated carbocycles. The minimum atomic E-state index is -0.530. The first kappa shape index (κ1) is 16.4. The van der Waals surface area contributed by atoms with Crippen LogP contribution in [0.3, 0.4) is 0 Å². The summed E-state index contributed by atoms with van der Waals surface area (Å²) in [5.41, 5.74) is 2.30. The molecule has 0 radical (unpaired) electrons. The number of H-pyrrole nitrogens is 2. The first-order chi connectivity index (χ1) is 11.5. The van der Waals surface area contributed by atoms with E-state index in [2.05, 4.69) is 20.4 Å². The van der Waals surface area contributed by atoms with Crippen LogP contribution in [0.25, 0.3) is 0 Å². The minimum Gasteiger partial charge on any atom is -0.391 e. The lowest BCUT2D eigenvalue weighted by Crippen LogP contribution is -2.30. The number of β-amino-alcohol motifs (C(OH)–C–C–N with tert-alkyl or cyclic N) is 1. The van der Waals surface area contributed by atoms with Crippen molar-refractivity contribution in [3.63, 3.8) is 0 Å². The molecule has 24 heavy (non-hydrogen) atoms. The molecule has 1 fully saturated rings. The first-order valence-corrected chi connectivity index (χ1v) is 8.02. The summed E-state index contributed by atoms with van der Waals surface area (Å²) < 4.78 is 0. The third kappa shape index (κ3) is 3.88. The minimum absolute atomic E-state index is 0.00264. The van der Waals surface area contributed by atoms with Gasteiger partial charge in [-0.15, -0.1) is 0 Å². The summed E-state index contributed by atoms with van der Waals surface area (Å²) in [5, 5.41) is 23.5. The van der Waals surface area contributed by atoms with E-state index in [1.807, 2.05) is 13.0 Å². The number of hydrogen-bond donors (Lipinski definition) is 3. The van der Waals surface area contributed by atoms with E-state index in [0.717, 1.165) is 11.4 Å². The average Bonchev–Trinajstić information content (AvgIpc) is 3.13. The Morgan fingerprint density at radius 2 is 2.08 bits per heavy atom. The van der Waals surface area contributed by atoms with Crippen molar-refractivity contribution in [3.05, 3.63) is 45.6 Å². The Kier molecular flexibility index (Phi) is 4.75. The number of aliphatic hydroxyl groups is 1. The molecule has 2 aromatic heterocycles. The lowest BCUT2D eigenvalue weighted by molar-refractivity contribution is -0.130. The zero-order chi connectivity index (χ0) is 17.1. The number of nitrogens with zero attached hydrogens (tertiary/aromatic N) is 3. The van der Waals surface area contributed by atoms with Gasteiger partial charge in [0, 0.05) is 43.6 Å². The van der Waals surface area contributed by atoms with Crippen LogP contribution >= 0.6 is 0 Å². The van der Waals surface area contributed by atoms with Gasteiger partial charge >= 0.3 is 0 Å². The van der Waals surface area contributed by atoms with Crippen LogP contribution < -0.4 is 5.56 Å². The lowest BCUT2D eigenvalue weighted by atomic mass is 10.0. The fourth-order valence-electron chi connectivity index (χ4n) is 3.01. The number of nitrogens with one attached hydrogen (secondary N) is 2. The van der Waals surface area contributed by atoms with E-state index in [1.165, 1.54) is 6.07 Å². The summed E-state index contributed by atoms with van der Waals surface area (Å²) in [7, 11) is 0. The van der Waals surface area contributed by atoms with Crippen LogP contribution in [-0.4, -0.2) is 55.5 Å². The maximum atomic E-state index is 12.3. The van der Waals surface area contributed by atoms with Crippen molar-refractivity contribution in [1.82, 2.24) is 25.3 Å². The fraction of sp³-hybridized carbons (Fsp3) is 0.500. The van der Waals surface area contributed by atoms with Crippen molar-refractivity contribution in [1.29, 1.82) is 0 Å². The molecule has 3 N–H and O–H groups in total. The normalized spacial score (nSPS) is 20.5. The zero-order valence-electron chi connectivity index (χ0n) is 13.5. The van der Waals surface area contributed by atoms with E-state index in [-0.39, 0.29) is 17.4 Å². The van der Waals surface area contributed by atoms with Crippen molar-refractivity contribution in [3.8, 4) is 0 Å². The molecule has 1 aliphatic heterocycles. The van der Waals surface area contributed by atoms with Crippen LogP contribution in [0.15, 0.2) is 23.0 Å². The van der Waals surface area contributed by atoms with Crippen molar-refractivity contribution in [2.24, 2.45) is 5.92 Å². The van der Waals surface area contributed by atoms with Gasteiger partial charge in [0.25, 0.3) is 5.56 Å². The number of carbonyl (C=O) groups excluding carboxylic acids is 1. The maximum absolute atomic E-state index is 12.3. The Balaban J connectivity index is 1.52. The lowest BCUT2D eigenvalue weighted by Gasteiger charge is -2.15. The van der Waals surface area contributed by atoms with Crippen molar-refractivity contribution < 1.29 is 9.90 Å². The van der Waals surface area contributed by atoms with Crippen LogP contribution in [0.2, 0.25) is 0 Å². The van der Waals surface area contributed by atoms with Gasteiger partial charge in [-0.2, -0.15) is 10.2 Å². The van der Waals surface area contributed by atoms with Gasteiger partial charge in [-0.25, -0.2) is 5.10 Å². The highest BCUT2D eigenvalue weighted by Crippen LogP contribution is 2.22. The first-order valence-electron chi connectivity index (χ1n) is 8.02. The van der Waals surface area contributed by atoms with Crippen molar-refractivity contribution >= 4 is 5.91 Å². The van der Waals surface area contributed by atoms with Gasteiger partial charge < -0.3 is 10.0 Å². The molecule has 3 heterocycles. The Labute approximate surface area is 138 Å². The van der Waals surface area contributed by atoms with Gasteiger partial charge in [0.15, 0.2) is 0 Å². The number of amides is 1. The van der Waals surface area contributed by atoms with Gasteiger partial charge in [0.1, 0.15) is 0 Å². The third-order valence-electron chi connectivity index (χ3n) is 4.32. The molecular formula is C16H21N5O3. The molecule has 1 saturated heterocycles. The van der Waals surface area contributed by atoms with Gasteiger partial charge in [0.2, 0.25) is 5.91 Å². The SMILES string of the molecule is Cc1cc(C[C@@H]2CN(C(=O)CCc3ccc(=O)[nH]n3)C[C@H]2O)n[nH]1. The second-order valence-corrected chi connectivity index (χ2v) is 6.29. The molecule has 1 amide bonds. The number of rotatable bonds is 5. The number of aromatic amines is 2. The maximum Gasteiger partial charge on any atom is 0.264 e. The zero-order valence-corrected chi connectivity index (χ0v) is 13.5. The number of carbonyl (C=O) groups is 1. The summed E-state index contributed by atoms with van der Waals surface area (Å²) in [6.07, 6.45) is 0.888. The molecule has 0 aliphatic carbocycles. The van der Waals surface area contributed by atoms with E-state index in [1.54, 1.807) is 11.0 Å². The van der Waals surface area contributed by atoms with Crippen LogP contribution in [0.4, 0.5) is 0 Å². The number of likely N-dealkylation sites (tertiary alicyclic amines) is 1. The summed E-state index contributed by atoms with van der Waals surface area (Å²) in [6.45, 7) is 2.82. The molecule has 2 atom stereocenters. The molecule has 8 nitrogen and oxygen atoms in total. The molecule has 0 bridgehead atoms. The van der Waals surface area contributed by atoms with Crippen LogP contribution in [0.5, 0.6) is 0 Å². The number of aliphatic hydroxyl groups excluding tert-OH is 1. The van der Waals surface area contributed by atoms with Gasteiger partial charge in [0.05, 0.1) is 17.5 Å². The quantitative estimate of drug-likeness (QED) is 0.702. The molecular weight excluding hydrogens is 310 g/mol. The van der Waals surface area contributed by atoms with Gasteiger partial charge in [-0.05, 0) is 25.5 Å². The molecule has 0 unspecified atom stereocenters. The largest absolute Gasteiger partial charge is 0.391 e. The van der Waals surface area contributed by atoms with Crippen LogP contribution in [0.1, 0.15) is 23.5 Å². The standard InChI is InChI=1S/C16H21N5O3/c1-10-6-13(19-17-10)7-11-8-21(9-14(11)22)16(24)5-3-12-2-4-15(23)20-18-12/h2,4,6,11,14,22H,3,5,7-9H2,1H3,(H,17,19)(H,20,23)/t11-,14-/m1/s1. The van der Waals surface area contributed by atoms with E-state index >= 15 is 0 Å². The molecule has 0 aromatic carbocycles. The molecule has 128 valence electrons. The number of aromatic nitrogens is 4. The van der Waals surface area contributed by atoms with Crippen LogP contribution in [0, 0.1) is 12.8 Å². The fourth-order valence-corrected chi connectivity index (χ4v) is 3.01. The average molecular weight is 331 g/mol. The third-order valence-corrected chi connectivity index (χ3v) is 4.32. The molecule has 0 spiro atoms. The molecule has 8 heteroatoms. The summed E-state index contributed by atoms with van der Waals surface area (Å²) >= 11 is 0. The highest BCUT2D eigenvalue weighted by Gasteiger charge is 2.34. The van der Waals surface area contributed by atoms with Gasteiger partial charge in [-0.1, -0.05) is 0 Å². The van der Waals surface area contributed by atoms with Gasteiger partial charge in [-0.3, -0.25) is 14.7 Å². The predicted octanol–water partition coefficient (Wildman–Crippen LogP) is -0.204. The Morgan fingerprint density at radius 3 is 2.75 bits per heavy atom. The van der Waals surface area contributed by atoms with E-state index in [9.17, 15) is 14.7 Å². The summed E-state index contributed by atoms with van der Waals surface area (Å²) in [6, 6.07) is 4.97. The molecule has 2 aromatic rings. The molecule has 3 rings (SSSR count). The predicted molar refractivity (Wildman–Crippen MR) is 86.3 cm³/mol. The summed E-state index contributed by atoms with van der Waals surface area (Å²) in [5.74, 6) is -0.00869. The number of hydrogen-bond acceptors (Lipinski definition) is 5. The van der Waals surface area contributed by atoms with Crippen molar-refractivity contribution in [2.75, 3.05) is 13.1 Å². The topological polar surface area (TPSA) is 115 Å². The van der Waals surface area contributed by atoms with E-state index in [4.69, 9.17) is 0 Å². The second kappa shape index (κ2) is 6.96. The van der Waals surface area contributed by atoms with E-state index < -0.39 is 6.10 Å². The Hall–Kier alpha value is -2.48.